The van der Waals surface area contributed by atoms with Crippen LogP contribution in [0.3, 0.4) is 0 Å². The Morgan fingerprint density at radius 2 is 2.28 bits per heavy atom. The molecule has 1 saturated carbocycles. The normalized spacial score (nSPS) is 14.5. The van der Waals surface area contributed by atoms with Crippen molar-refractivity contribution in [1.29, 1.82) is 0 Å². The summed E-state index contributed by atoms with van der Waals surface area (Å²) in [6, 6.07) is 7.39. The Morgan fingerprint density at radius 1 is 1.50 bits per heavy atom. The van der Waals surface area contributed by atoms with Crippen LogP contribution in [-0.4, -0.2) is 35.2 Å². The zero-order valence-electron chi connectivity index (χ0n) is 10.6. The van der Waals surface area contributed by atoms with Crippen LogP contribution in [0.5, 0.6) is 5.75 Å². The fourth-order valence-corrected chi connectivity index (χ4v) is 1.93. The second-order valence-electron chi connectivity index (χ2n) is 4.56. The fourth-order valence-electron chi connectivity index (χ4n) is 1.93. The third-order valence-corrected chi connectivity index (χ3v) is 3.00. The molecular weight excluding hydrogens is 230 g/mol. The second kappa shape index (κ2) is 5.87. The fraction of sp³-hybridized carbons (Fsp3) is 0.500. The Balaban J connectivity index is 2.00. The van der Waals surface area contributed by atoms with E-state index in [1.54, 1.807) is 18.2 Å². The smallest absolute Gasteiger partial charge is 0.249 e. The number of phenols is 1. The Hall–Kier alpha value is -1.55. The number of aromatic hydroxyl groups is 1. The quantitative estimate of drug-likeness (QED) is 0.838. The van der Waals surface area contributed by atoms with Crippen molar-refractivity contribution in [2.24, 2.45) is 0 Å². The van der Waals surface area contributed by atoms with Crippen molar-refractivity contribution in [1.82, 2.24) is 4.90 Å². The maximum atomic E-state index is 12.0. The largest absolute Gasteiger partial charge is 0.508 e. The molecule has 1 N–H and O–H groups in total. The standard InChI is InChI=1S/C14H19NO3/c1-2-18-10-14(17)15(12-6-7-12)9-11-4-3-5-13(16)8-11/h3-5,8,12,16H,2,6-7,9-10H2,1H3. The second-order valence-corrected chi connectivity index (χ2v) is 4.56. The summed E-state index contributed by atoms with van der Waals surface area (Å²) in [5, 5.41) is 9.43. The molecule has 0 bridgehead atoms. The molecule has 1 amide bonds. The molecule has 0 aliphatic heterocycles. The van der Waals surface area contributed by atoms with E-state index in [9.17, 15) is 9.90 Å². The first-order valence-corrected chi connectivity index (χ1v) is 6.36. The number of benzene rings is 1. The molecule has 98 valence electrons. The lowest BCUT2D eigenvalue weighted by atomic mass is 10.2. The highest BCUT2D eigenvalue weighted by atomic mass is 16.5. The van der Waals surface area contributed by atoms with Crippen molar-refractivity contribution in [3.05, 3.63) is 29.8 Å². The maximum Gasteiger partial charge on any atom is 0.249 e. The monoisotopic (exact) mass is 249 g/mol. The van der Waals surface area contributed by atoms with E-state index in [2.05, 4.69) is 0 Å². The van der Waals surface area contributed by atoms with E-state index in [1.165, 1.54) is 0 Å². The number of amides is 1. The van der Waals surface area contributed by atoms with Crippen LogP contribution in [-0.2, 0) is 16.1 Å². The summed E-state index contributed by atoms with van der Waals surface area (Å²) in [6.45, 7) is 3.12. The zero-order chi connectivity index (χ0) is 13.0. The summed E-state index contributed by atoms with van der Waals surface area (Å²) < 4.78 is 5.18. The maximum absolute atomic E-state index is 12.0. The summed E-state index contributed by atoms with van der Waals surface area (Å²) in [6.07, 6.45) is 2.13. The lowest BCUT2D eigenvalue weighted by Crippen LogP contribution is -2.35. The third-order valence-electron chi connectivity index (χ3n) is 3.00. The highest BCUT2D eigenvalue weighted by Gasteiger charge is 2.32. The Kier molecular flexibility index (Phi) is 4.20. The first-order chi connectivity index (χ1) is 8.70. The molecule has 1 aromatic rings. The van der Waals surface area contributed by atoms with Crippen LogP contribution in [0.25, 0.3) is 0 Å². The molecule has 1 aromatic carbocycles. The molecule has 0 spiro atoms. The van der Waals surface area contributed by atoms with Crippen molar-refractivity contribution in [2.45, 2.75) is 32.4 Å². The van der Waals surface area contributed by atoms with E-state index in [0.717, 1.165) is 18.4 Å². The molecule has 2 rings (SSSR count). The van der Waals surface area contributed by atoms with Gasteiger partial charge in [-0.05, 0) is 37.5 Å². The van der Waals surface area contributed by atoms with Gasteiger partial charge in [0.2, 0.25) is 5.91 Å². The number of nitrogens with zero attached hydrogens (tertiary/aromatic N) is 1. The van der Waals surface area contributed by atoms with Crippen molar-refractivity contribution in [3.8, 4) is 5.75 Å². The minimum absolute atomic E-state index is 0.0303. The molecule has 0 unspecified atom stereocenters. The van der Waals surface area contributed by atoms with Gasteiger partial charge in [0, 0.05) is 19.2 Å². The minimum Gasteiger partial charge on any atom is -0.508 e. The summed E-state index contributed by atoms with van der Waals surface area (Å²) in [5.74, 6) is 0.267. The molecule has 18 heavy (non-hydrogen) atoms. The molecule has 1 aliphatic rings. The number of phenolic OH excluding ortho intramolecular Hbond substituents is 1. The van der Waals surface area contributed by atoms with Gasteiger partial charge in [0.25, 0.3) is 0 Å². The first-order valence-electron chi connectivity index (χ1n) is 6.36. The van der Waals surface area contributed by atoms with Gasteiger partial charge in [0.15, 0.2) is 0 Å². The molecule has 4 heteroatoms. The predicted octanol–water partition coefficient (Wildman–Crippen LogP) is 1.92. The van der Waals surface area contributed by atoms with E-state index in [-0.39, 0.29) is 18.3 Å². The van der Waals surface area contributed by atoms with Crippen LogP contribution in [0.1, 0.15) is 25.3 Å². The van der Waals surface area contributed by atoms with Gasteiger partial charge in [-0.3, -0.25) is 4.79 Å². The number of hydrogen-bond donors (Lipinski definition) is 1. The summed E-state index contributed by atoms with van der Waals surface area (Å²) in [5.41, 5.74) is 0.951. The SMILES string of the molecule is CCOCC(=O)N(Cc1cccc(O)c1)C1CC1. The number of ether oxygens (including phenoxy) is 1. The topological polar surface area (TPSA) is 49.8 Å². The van der Waals surface area contributed by atoms with E-state index >= 15 is 0 Å². The number of rotatable bonds is 6. The number of carbonyl (C=O) groups is 1. The summed E-state index contributed by atoms with van der Waals surface area (Å²) >= 11 is 0. The average molecular weight is 249 g/mol. The van der Waals surface area contributed by atoms with E-state index in [4.69, 9.17) is 4.74 Å². The van der Waals surface area contributed by atoms with Gasteiger partial charge in [0.1, 0.15) is 12.4 Å². The highest BCUT2D eigenvalue weighted by Crippen LogP contribution is 2.28. The number of hydrogen-bond acceptors (Lipinski definition) is 3. The van der Waals surface area contributed by atoms with Gasteiger partial charge in [-0.25, -0.2) is 0 Å². The van der Waals surface area contributed by atoms with Crippen molar-refractivity contribution >= 4 is 5.91 Å². The minimum atomic E-state index is 0.0303. The molecule has 0 atom stereocenters. The predicted molar refractivity (Wildman–Crippen MR) is 68.2 cm³/mol. The van der Waals surface area contributed by atoms with Crippen molar-refractivity contribution < 1.29 is 14.6 Å². The van der Waals surface area contributed by atoms with Gasteiger partial charge in [-0.15, -0.1) is 0 Å². The van der Waals surface area contributed by atoms with Crippen LogP contribution >= 0.6 is 0 Å². The van der Waals surface area contributed by atoms with Gasteiger partial charge in [0.05, 0.1) is 0 Å². The van der Waals surface area contributed by atoms with Crippen LogP contribution in [0.2, 0.25) is 0 Å². The van der Waals surface area contributed by atoms with Gasteiger partial charge in [-0.1, -0.05) is 12.1 Å². The number of carbonyl (C=O) groups excluding carboxylic acids is 1. The van der Waals surface area contributed by atoms with Crippen LogP contribution in [0.4, 0.5) is 0 Å². The molecule has 4 nitrogen and oxygen atoms in total. The van der Waals surface area contributed by atoms with Crippen molar-refractivity contribution in [3.63, 3.8) is 0 Å². The van der Waals surface area contributed by atoms with Crippen LogP contribution in [0, 0.1) is 0 Å². The Bertz CT molecular complexity index is 415. The third kappa shape index (κ3) is 3.47. The zero-order valence-corrected chi connectivity index (χ0v) is 10.6. The molecule has 1 aliphatic carbocycles. The molecule has 0 saturated heterocycles. The Labute approximate surface area is 107 Å². The van der Waals surface area contributed by atoms with Crippen molar-refractivity contribution in [2.75, 3.05) is 13.2 Å². The molecule has 1 fully saturated rings. The summed E-state index contributed by atoms with van der Waals surface area (Å²) in [7, 11) is 0. The molecule has 0 aromatic heterocycles. The summed E-state index contributed by atoms with van der Waals surface area (Å²) in [4.78, 5) is 13.9. The molecular formula is C14H19NO3. The average Bonchev–Trinajstić information content (AvgIpc) is 3.17. The molecule has 0 radical (unpaired) electrons. The van der Waals surface area contributed by atoms with E-state index < -0.39 is 0 Å². The van der Waals surface area contributed by atoms with Crippen LogP contribution < -0.4 is 0 Å². The van der Waals surface area contributed by atoms with Gasteiger partial charge in [-0.2, -0.15) is 0 Å². The first kappa shape index (κ1) is 12.9. The lowest BCUT2D eigenvalue weighted by Gasteiger charge is -2.22. The van der Waals surface area contributed by atoms with Crippen LogP contribution in [0.15, 0.2) is 24.3 Å². The molecule has 0 heterocycles. The van der Waals surface area contributed by atoms with E-state index in [1.807, 2.05) is 17.9 Å². The van der Waals surface area contributed by atoms with Gasteiger partial charge >= 0.3 is 0 Å². The van der Waals surface area contributed by atoms with E-state index in [0.29, 0.717) is 19.2 Å². The highest BCUT2D eigenvalue weighted by molar-refractivity contribution is 5.78. The Morgan fingerprint density at radius 3 is 2.89 bits per heavy atom. The lowest BCUT2D eigenvalue weighted by molar-refractivity contribution is -0.137. The van der Waals surface area contributed by atoms with Gasteiger partial charge < -0.3 is 14.7 Å².